The van der Waals surface area contributed by atoms with Crippen LogP contribution in [0.4, 0.5) is 5.69 Å². The van der Waals surface area contributed by atoms with Gasteiger partial charge < -0.3 is 10.2 Å². The van der Waals surface area contributed by atoms with E-state index in [1.165, 1.54) is 50.9 Å². The number of para-hydroxylation sites is 1. The Morgan fingerprint density at radius 1 is 1.22 bits per heavy atom. The molecule has 2 heteroatoms. The molecule has 2 aliphatic rings. The molecule has 0 aliphatic carbocycles. The number of aryl methyl sites for hydroxylation is 1. The third kappa shape index (κ3) is 2.39. The van der Waals surface area contributed by atoms with Crippen LogP contribution in [0.15, 0.2) is 24.3 Å². The van der Waals surface area contributed by atoms with E-state index in [4.69, 9.17) is 0 Å². The summed E-state index contributed by atoms with van der Waals surface area (Å²) in [5.74, 6) is 0. The van der Waals surface area contributed by atoms with Crippen LogP contribution in [0.25, 0.3) is 0 Å². The van der Waals surface area contributed by atoms with E-state index in [0.717, 1.165) is 6.04 Å². The molecule has 0 amide bonds. The summed E-state index contributed by atoms with van der Waals surface area (Å²) in [5, 5.41) is 3.56. The van der Waals surface area contributed by atoms with Crippen molar-refractivity contribution in [2.45, 2.75) is 51.1 Å². The first-order chi connectivity index (χ1) is 8.84. The Morgan fingerprint density at radius 2 is 2.11 bits per heavy atom. The number of nitrogens with zero attached hydrogens (tertiary/aromatic N) is 1. The van der Waals surface area contributed by atoms with Gasteiger partial charge in [0.15, 0.2) is 0 Å². The van der Waals surface area contributed by atoms with E-state index in [2.05, 4.69) is 41.4 Å². The second-order valence-corrected chi connectivity index (χ2v) is 5.81. The minimum absolute atomic E-state index is 0.666. The summed E-state index contributed by atoms with van der Waals surface area (Å²) < 4.78 is 0. The molecular weight excluding hydrogens is 220 g/mol. The SMILES string of the molecule is CC1CC(N2CCCCc3ccccc32)CCN1. The highest BCUT2D eigenvalue weighted by Crippen LogP contribution is 2.30. The molecule has 1 aromatic rings. The summed E-state index contributed by atoms with van der Waals surface area (Å²) in [7, 11) is 0. The van der Waals surface area contributed by atoms with Crippen molar-refractivity contribution in [3.63, 3.8) is 0 Å². The molecule has 2 atom stereocenters. The van der Waals surface area contributed by atoms with Gasteiger partial charge in [-0.2, -0.15) is 0 Å². The van der Waals surface area contributed by atoms with Crippen molar-refractivity contribution >= 4 is 5.69 Å². The fourth-order valence-electron chi connectivity index (χ4n) is 3.49. The fraction of sp³-hybridized carbons (Fsp3) is 0.625. The standard InChI is InChI=1S/C16H24N2/c1-13-12-15(9-10-17-13)18-11-5-4-7-14-6-2-3-8-16(14)18/h2-3,6,8,13,15,17H,4-5,7,9-12H2,1H3. The first kappa shape index (κ1) is 12.0. The Morgan fingerprint density at radius 3 is 3.00 bits per heavy atom. The maximum atomic E-state index is 3.56. The van der Waals surface area contributed by atoms with Crippen molar-refractivity contribution in [2.75, 3.05) is 18.0 Å². The zero-order valence-corrected chi connectivity index (χ0v) is 11.4. The molecule has 1 N–H and O–H groups in total. The molecule has 1 saturated heterocycles. The average molecular weight is 244 g/mol. The molecule has 0 bridgehead atoms. The van der Waals surface area contributed by atoms with Crippen molar-refractivity contribution in [2.24, 2.45) is 0 Å². The lowest BCUT2D eigenvalue weighted by Crippen LogP contribution is -2.47. The highest BCUT2D eigenvalue weighted by atomic mass is 15.2. The van der Waals surface area contributed by atoms with Crippen LogP contribution in [0, 0.1) is 0 Å². The lowest BCUT2D eigenvalue weighted by atomic mass is 9.97. The summed E-state index contributed by atoms with van der Waals surface area (Å²) >= 11 is 0. The van der Waals surface area contributed by atoms with Crippen LogP contribution < -0.4 is 10.2 Å². The third-order valence-electron chi connectivity index (χ3n) is 4.43. The van der Waals surface area contributed by atoms with Gasteiger partial charge in [0.05, 0.1) is 0 Å². The number of hydrogen-bond donors (Lipinski definition) is 1. The minimum Gasteiger partial charge on any atom is -0.368 e. The zero-order valence-electron chi connectivity index (χ0n) is 11.4. The van der Waals surface area contributed by atoms with Gasteiger partial charge >= 0.3 is 0 Å². The predicted molar refractivity (Wildman–Crippen MR) is 77.2 cm³/mol. The maximum absolute atomic E-state index is 3.56. The van der Waals surface area contributed by atoms with Crippen LogP contribution >= 0.6 is 0 Å². The monoisotopic (exact) mass is 244 g/mol. The number of anilines is 1. The van der Waals surface area contributed by atoms with E-state index < -0.39 is 0 Å². The Labute approximate surface area is 110 Å². The van der Waals surface area contributed by atoms with Crippen LogP contribution in [0.1, 0.15) is 38.2 Å². The molecule has 2 unspecified atom stereocenters. The van der Waals surface area contributed by atoms with Crippen molar-refractivity contribution in [1.82, 2.24) is 5.32 Å². The van der Waals surface area contributed by atoms with Crippen LogP contribution in [0.5, 0.6) is 0 Å². The highest BCUT2D eigenvalue weighted by molar-refractivity contribution is 5.55. The van der Waals surface area contributed by atoms with Gasteiger partial charge in [0.25, 0.3) is 0 Å². The second-order valence-electron chi connectivity index (χ2n) is 5.81. The number of fused-ring (bicyclic) bond motifs is 1. The van der Waals surface area contributed by atoms with Crippen molar-refractivity contribution in [3.05, 3.63) is 29.8 Å². The Kier molecular flexibility index (Phi) is 3.55. The van der Waals surface area contributed by atoms with Gasteiger partial charge in [-0.05, 0) is 57.2 Å². The lowest BCUT2D eigenvalue weighted by molar-refractivity contribution is 0.363. The third-order valence-corrected chi connectivity index (χ3v) is 4.43. The van der Waals surface area contributed by atoms with Crippen molar-refractivity contribution in [1.29, 1.82) is 0 Å². The van der Waals surface area contributed by atoms with Crippen LogP contribution in [0.2, 0.25) is 0 Å². The van der Waals surface area contributed by atoms with E-state index in [0.29, 0.717) is 6.04 Å². The van der Waals surface area contributed by atoms with Gasteiger partial charge in [-0.25, -0.2) is 0 Å². The summed E-state index contributed by atoms with van der Waals surface area (Å²) in [5.41, 5.74) is 3.07. The number of nitrogens with one attached hydrogen (secondary N) is 1. The van der Waals surface area contributed by atoms with E-state index in [1.807, 2.05) is 0 Å². The largest absolute Gasteiger partial charge is 0.368 e. The highest BCUT2D eigenvalue weighted by Gasteiger charge is 2.26. The molecule has 0 aromatic heterocycles. The lowest BCUT2D eigenvalue weighted by Gasteiger charge is -2.38. The van der Waals surface area contributed by atoms with E-state index in [9.17, 15) is 0 Å². The quantitative estimate of drug-likeness (QED) is 0.817. The van der Waals surface area contributed by atoms with Crippen LogP contribution in [-0.2, 0) is 6.42 Å². The zero-order chi connectivity index (χ0) is 12.4. The molecule has 0 radical (unpaired) electrons. The average Bonchev–Trinajstić information content (AvgIpc) is 2.61. The number of benzene rings is 1. The summed E-state index contributed by atoms with van der Waals surface area (Å²) in [6.45, 7) is 4.73. The van der Waals surface area contributed by atoms with Gasteiger partial charge in [0.1, 0.15) is 0 Å². The Bertz CT molecular complexity index is 402. The first-order valence-corrected chi connectivity index (χ1v) is 7.42. The second kappa shape index (κ2) is 5.31. The minimum atomic E-state index is 0.666. The van der Waals surface area contributed by atoms with Gasteiger partial charge in [-0.3, -0.25) is 0 Å². The molecule has 18 heavy (non-hydrogen) atoms. The molecule has 1 aromatic carbocycles. The van der Waals surface area contributed by atoms with Crippen molar-refractivity contribution in [3.8, 4) is 0 Å². The summed E-state index contributed by atoms with van der Waals surface area (Å²) in [4.78, 5) is 2.69. The smallest absolute Gasteiger partial charge is 0.0401 e. The topological polar surface area (TPSA) is 15.3 Å². The molecule has 2 heterocycles. The summed E-state index contributed by atoms with van der Waals surface area (Å²) in [6, 6.07) is 10.4. The summed E-state index contributed by atoms with van der Waals surface area (Å²) in [6.07, 6.45) is 6.52. The number of hydrogen-bond acceptors (Lipinski definition) is 2. The Balaban J connectivity index is 1.86. The van der Waals surface area contributed by atoms with Gasteiger partial charge in [-0.1, -0.05) is 18.2 Å². The van der Waals surface area contributed by atoms with E-state index in [1.54, 1.807) is 5.56 Å². The molecule has 0 saturated carbocycles. The van der Waals surface area contributed by atoms with Gasteiger partial charge in [0, 0.05) is 24.3 Å². The van der Waals surface area contributed by atoms with E-state index >= 15 is 0 Å². The number of rotatable bonds is 1. The normalized spacial score (nSPS) is 28.6. The number of piperidine rings is 1. The van der Waals surface area contributed by atoms with E-state index in [-0.39, 0.29) is 0 Å². The predicted octanol–water partition coefficient (Wildman–Crippen LogP) is 2.97. The molecule has 0 spiro atoms. The fourth-order valence-corrected chi connectivity index (χ4v) is 3.49. The van der Waals surface area contributed by atoms with Crippen molar-refractivity contribution < 1.29 is 0 Å². The van der Waals surface area contributed by atoms with Crippen LogP contribution in [0.3, 0.4) is 0 Å². The first-order valence-electron chi connectivity index (χ1n) is 7.42. The Hall–Kier alpha value is -1.02. The maximum Gasteiger partial charge on any atom is 0.0401 e. The van der Waals surface area contributed by atoms with Crippen LogP contribution in [-0.4, -0.2) is 25.2 Å². The van der Waals surface area contributed by atoms with Gasteiger partial charge in [0.2, 0.25) is 0 Å². The molecular formula is C16H24N2. The van der Waals surface area contributed by atoms with Gasteiger partial charge in [-0.15, -0.1) is 0 Å². The molecule has 3 rings (SSSR count). The molecule has 2 aliphatic heterocycles. The molecule has 1 fully saturated rings. The molecule has 98 valence electrons. The molecule has 2 nitrogen and oxygen atoms in total.